The summed E-state index contributed by atoms with van der Waals surface area (Å²) in [7, 11) is 2.81. The van der Waals surface area contributed by atoms with Crippen molar-refractivity contribution in [3.05, 3.63) is 28.2 Å². The molecule has 5 heteroatoms. The molecule has 0 bridgehead atoms. The van der Waals surface area contributed by atoms with Crippen LogP contribution in [0.1, 0.15) is 12.5 Å². The lowest BCUT2D eigenvalue weighted by Crippen LogP contribution is -2.38. The van der Waals surface area contributed by atoms with Crippen LogP contribution in [-0.4, -0.2) is 31.9 Å². The lowest BCUT2D eigenvalue weighted by molar-refractivity contribution is -0.149. The van der Waals surface area contributed by atoms with E-state index in [0.717, 1.165) is 0 Å². The fourth-order valence-electron chi connectivity index (χ4n) is 1.72. The molecule has 0 aliphatic heterocycles. The minimum absolute atomic E-state index is 0.0254. The molecule has 94 valence electrons. The summed E-state index contributed by atoms with van der Waals surface area (Å²) < 4.78 is 10.4. The van der Waals surface area contributed by atoms with Crippen LogP contribution in [0.3, 0.4) is 0 Å². The van der Waals surface area contributed by atoms with Crippen LogP contribution in [0.15, 0.2) is 22.7 Å². The number of aromatic hydroxyl groups is 1. The van der Waals surface area contributed by atoms with Gasteiger partial charge in [-0.1, -0.05) is 12.1 Å². The SMILES string of the molecule is COCC(C)(C(=O)OC)c1cccc(Br)c1O. The highest BCUT2D eigenvalue weighted by Crippen LogP contribution is 2.37. The molecule has 17 heavy (non-hydrogen) atoms. The monoisotopic (exact) mass is 302 g/mol. The molecular formula is C12H15BrO4. The Hall–Kier alpha value is -1.07. The van der Waals surface area contributed by atoms with Crippen molar-refractivity contribution >= 4 is 21.9 Å². The standard InChI is InChI=1S/C12H15BrO4/c1-12(7-16-2,11(15)17-3)8-5-4-6-9(13)10(8)14/h4-6,14H,7H2,1-3H3. The van der Waals surface area contributed by atoms with Crippen LogP contribution < -0.4 is 0 Å². The molecular weight excluding hydrogens is 288 g/mol. The van der Waals surface area contributed by atoms with Crippen LogP contribution in [0.4, 0.5) is 0 Å². The number of hydrogen-bond donors (Lipinski definition) is 1. The number of ether oxygens (including phenoxy) is 2. The van der Waals surface area contributed by atoms with Crippen LogP contribution in [0.2, 0.25) is 0 Å². The third-order valence-corrected chi connectivity index (χ3v) is 3.29. The van der Waals surface area contributed by atoms with E-state index in [4.69, 9.17) is 9.47 Å². The summed E-state index contributed by atoms with van der Waals surface area (Å²) in [5.74, 6) is -0.426. The van der Waals surface area contributed by atoms with E-state index in [0.29, 0.717) is 10.0 Å². The molecule has 1 atom stereocenters. The molecule has 0 saturated carbocycles. The van der Waals surface area contributed by atoms with E-state index < -0.39 is 11.4 Å². The highest BCUT2D eigenvalue weighted by Gasteiger charge is 2.39. The van der Waals surface area contributed by atoms with Crippen molar-refractivity contribution in [2.24, 2.45) is 0 Å². The molecule has 1 rings (SSSR count). The molecule has 0 radical (unpaired) electrons. The molecule has 0 aromatic heterocycles. The first kappa shape index (κ1) is 14.0. The second kappa shape index (κ2) is 5.51. The van der Waals surface area contributed by atoms with Crippen LogP contribution in [-0.2, 0) is 19.7 Å². The number of benzene rings is 1. The van der Waals surface area contributed by atoms with Crippen LogP contribution >= 0.6 is 15.9 Å². The van der Waals surface area contributed by atoms with Gasteiger partial charge in [0.05, 0.1) is 18.2 Å². The van der Waals surface area contributed by atoms with Gasteiger partial charge in [-0.05, 0) is 28.9 Å². The number of esters is 1. The first-order chi connectivity index (χ1) is 7.97. The number of phenols is 1. The zero-order valence-corrected chi connectivity index (χ0v) is 11.6. The zero-order valence-electron chi connectivity index (χ0n) is 9.99. The summed E-state index contributed by atoms with van der Waals surface area (Å²) in [4.78, 5) is 11.9. The van der Waals surface area contributed by atoms with Crippen LogP contribution in [0, 0.1) is 0 Å². The number of rotatable bonds is 4. The predicted octanol–water partition coefficient (Wildman–Crippen LogP) is 2.23. The minimum atomic E-state index is -1.03. The highest BCUT2D eigenvalue weighted by molar-refractivity contribution is 9.10. The summed E-state index contributed by atoms with van der Waals surface area (Å²) in [6.45, 7) is 1.80. The maximum Gasteiger partial charge on any atom is 0.318 e. The zero-order chi connectivity index (χ0) is 13.1. The number of carbonyl (C=O) groups is 1. The van der Waals surface area contributed by atoms with E-state index in [9.17, 15) is 9.90 Å². The van der Waals surface area contributed by atoms with E-state index >= 15 is 0 Å². The maximum atomic E-state index is 11.9. The molecule has 0 amide bonds. The van der Waals surface area contributed by atoms with Gasteiger partial charge in [0.2, 0.25) is 0 Å². The van der Waals surface area contributed by atoms with Crippen molar-refractivity contribution < 1.29 is 19.4 Å². The Balaban J connectivity index is 3.32. The molecule has 0 fully saturated rings. The second-order valence-electron chi connectivity index (χ2n) is 3.89. The fourth-order valence-corrected chi connectivity index (χ4v) is 2.09. The normalized spacial score (nSPS) is 14.1. The number of carbonyl (C=O) groups excluding carboxylic acids is 1. The van der Waals surface area contributed by atoms with E-state index in [-0.39, 0.29) is 12.4 Å². The summed E-state index contributed by atoms with van der Waals surface area (Å²) in [5, 5.41) is 9.99. The first-order valence-corrected chi connectivity index (χ1v) is 5.82. The molecule has 1 N–H and O–H groups in total. The van der Waals surface area contributed by atoms with Gasteiger partial charge in [-0.15, -0.1) is 0 Å². The molecule has 0 heterocycles. The molecule has 4 nitrogen and oxygen atoms in total. The molecule has 0 aliphatic rings. The van der Waals surface area contributed by atoms with Gasteiger partial charge in [0.15, 0.2) is 0 Å². The average Bonchev–Trinajstić information content (AvgIpc) is 2.31. The Bertz CT molecular complexity index is 419. The molecule has 1 unspecified atom stereocenters. The Morgan fingerprint density at radius 1 is 1.47 bits per heavy atom. The Kier molecular flexibility index (Phi) is 4.54. The van der Waals surface area contributed by atoms with Gasteiger partial charge in [0, 0.05) is 12.7 Å². The number of methoxy groups -OCH3 is 2. The average molecular weight is 303 g/mol. The van der Waals surface area contributed by atoms with Gasteiger partial charge in [-0.3, -0.25) is 4.79 Å². The van der Waals surface area contributed by atoms with Crippen molar-refractivity contribution in [1.29, 1.82) is 0 Å². The predicted molar refractivity (Wildman–Crippen MR) is 67.1 cm³/mol. The van der Waals surface area contributed by atoms with E-state index in [1.54, 1.807) is 25.1 Å². The smallest absolute Gasteiger partial charge is 0.318 e. The van der Waals surface area contributed by atoms with Crippen LogP contribution in [0.25, 0.3) is 0 Å². The Morgan fingerprint density at radius 3 is 2.65 bits per heavy atom. The second-order valence-corrected chi connectivity index (χ2v) is 4.75. The summed E-state index contributed by atoms with van der Waals surface area (Å²) >= 11 is 3.22. The highest BCUT2D eigenvalue weighted by atomic mass is 79.9. The molecule has 0 saturated heterocycles. The third-order valence-electron chi connectivity index (χ3n) is 2.65. The molecule has 0 spiro atoms. The van der Waals surface area contributed by atoms with E-state index in [1.165, 1.54) is 14.2 Å². The molecule has 1 aromatic rings. The third kappa shape index (κ3) is 2.61. The van der Waals surface area contributed by atoms with Crippen molar-refractivity contribution in [2.45, 2.75) is 12.3 Å². The quantitative estimate of drug-likeness (QED) is 0.867. The van der Waals surface area contributed by atoms with Gasteiger partial charge < -0.3 is 14.6 Å². The summed E-state index contributed by atoms with van der Waals surface area (Å²) in [5.41, 5.74) is -0.558. The summed E-state index contributed by atoms with van der Waals surface area (Å²) in [6, 6.07) is 5.12. The van der Waals surface area contributed by atoms with Crippen molar-refractivity contribution in [3.8, 4) is 5.75 Å². The fraction of sp³-hybridized carbons (Fsp3) is 0.417. The maximum absolute atomic E-state index is 11.9. The topological polar surface area (TPSA) is 55.8 Å². The first-order valence-electron chi connectivity index (χ1n) is 5.02. The lowest BCUT2D eigenvalue weighted by atomic mass is 9.82. The summed E-state index contributed by atoms with van der Waals surface area (Å²) in [6.07, 6.45) is 0. The lowest BCUT2D eigenvalue weighted by Gasteiger charge is -2.27. The largest absolute Gasteiger partial charge is 0.506 e. The number of halogens is 1. The van der Waals surface area contributed by atoms with Gasteiger partial charge in [-0.2, -0.15) is 0 Å². The van der Waals surface area contributed by atoms with Crippen molar-refractivity contribution in [1.82, 2.24) is 0 Å². The molecule has 0 aliphatic carbocycles. The van der Waals surface area contributed by atoms with E-state index in [1.807, 2.05) is 0 Å². The number of para-hydroxylation sites is 1. The van der Waals surface area contributed by atoms with Gasteiger partial charge in [0.25, 0.3) is 0 Å². The van der Waals surface area contributed by atoms with Crippen molar-refractivity contribution in [3.63, 3.8) is 0 Å². The van der Waals surface area contributed by atoms with Gasteiger partial charge >= 0.3 is 5.97 Å². The minimum Gasteiger partial charge on any atom is -0.506 e. The molecule has 1 aromatic carbocycles. The van der Waals surface area contributed by atoms with E-state index in [2.05, 4.69) is 15.9 Å². The number of phenolic OH excluding ortho intramolecular Hbond substituents is 1. The van der Waals surface area contributed by atoms with Crippen LogP contribution in [0.5, 0.6) is 5.75 Å². The number of hydrogen-bond acceptors (Lipinski definition) is 4. The Labute approximate surface area is 109 Å². The van der Waals surface area contributed by atoms with Crippen molar-refractivity contribution in [2.75, 3.05) is 20.8 Å². The Morgan fingerprint density at radius 2 is 2.12 bits per heavy atom. The van der Waals surface area contributed by atoms with Gasteiger partial charge in [0.1, 0.15) is 11.2 Å². The van der Waals surface area contributed by atoms with Gasteiger partial charge in [-0.25, -0.2) is 0 Å².